The zero-order chi connectivity index (χ0) is 25.4. The molecule has 1 aromatic heterocycles. The lowest BCUT2D eigenvalue weighted by Crippen LogP contribution is -2.31. The van der Waals surface area contributed by atoms with Gasteiger partial charge in [0.1, 0.15) is 17.6 Å². The number of carbonyl (C=O) groups is 2. The van der Waals surface area contributed by atoms with Crippen LogP contribution in [0.2, 0.25) is 0 Å². The van der Waals surface area contributed by atoms with Crippen LogP contribution in [0, 0.1) is 10.1 Å². The fourth-order valence-corrected chi connectivity index (χ4v) is 4.80. The molecule has 2 aromatic carbocycles. The average Bonchev–Trinajstić information content (AvgIpc) is 3.57. The van der Waals surface area contributed by atoms with E-state index in [0.717, 1.165) is 11.3 Å². The van der Waals surface area contributed by atoms with Crippen molar-refractivity contribution in [3.8, 4) is 5.75 Å². The number of aliphatic hydroxyl groups excluding tert-OH is 1. The van der Waals surface area contributed by atoms with Crippen LogP contribution in [0.15, 0.2) is 66.8 Å². The first kappa shape index (κ1) is 23.3. The molecule has 0 unspecified atom stereocenters. The number of carbonyl (C=O) groups excluding carboxylic acids is 2. The molecule has 10 nitrogen and oxygen atoms in total. The number of hydrogen-bond acceptors (Lipinski definition) is 7. The molecule has 2 atom stereocenters. The van der Waals surface area contributed by atoms with Crippen LogP contribution in [0.3, 0.4) is 0 Å². The Kier molecular flexibility index (Phi) is 6.01. The summed E-state index contributed by atoms with van der Waals surface area (Å²) in [5, 5.41) is 22.4. The van der Waals surface area contributed by atoms with Crippen molar-refractivity contribution in [3.63, 3.8) is 0 Å². The number of benzene rings is 2. The van der Waals surface area contributed by atoms with Crippen molar-refractivity contribution >= 4 is 23.1 Å². The van der Waals surface area contributed by atoms with E-state index in [1.807, 2.05) is 11.5 Å². The monoisotopic (exact) mass is 488 g/mol. The van der Waals surface area contributed by atoms with Gasteiger partial charge in [0.05, 0.1) is 22.9 Å². The van der Waals surface area contributed by atoms with Gasteiger partial charge in [-0.3, -0.25) is 19.7 Å². The molecule has 0 bridgehead atoms. The summed E-state index contributed by atoms with van der Waals surface area (Å²) in [4.78, 5) is 42.4. The molecule has 5 rings (SSSR count). The molecule has 2 aliphatic rings. The van der Waals surface area contributed by atoms with Crippen molar-refractivity contribution in [1.82, 2.24) is 14.5 Å². The second-order valence-electron chi connectivity index (χ2n) is 8.95. The molecule has 3 heterocycles. The van der Waals surface area contributed by atoms with E-state index in [4.69, 9.17) is 4.74 Å². The number of hydrogen-bond donors (Lipinski definition) is 1. The zero-order valence-corrected chi connectivity index (χ0v) is 19.5. The number of fused-ring (bicyclic) bond motifs is 1. The van der Waals surface area contributed by atoms with Gasteiger partial charge in [0.2, 0.25) is 0 Å². The lowest BCUT2D eigenvalue weighted by atomic mass is 9.94. The van der Waals surface area contributed by atoms with E-state index < -0.39 is 22.7 Å². The van der Waals surface area contributed by atoms with Crippen LogP contribution in [0.5, 0.6) is 5.75 Å². The third-order valence-corrected chi connectivity index (χ3v) is 6.50. The van der Waals surface area contributed by atoms with Crippen molar-refractivity contribution in [1.29, 1.82) is 0 Å². The molecule has 10 heteroatoms. The van der Waals surface area contributed by atoms with Crippen molar-refractivity contribution in [2.45, 2.75) is 38.5 Å². The molecule has 184 valence electrons. The maximum atomic E-state index is 13.2. The number of nitrogens with zero attached hydrogens (tertiary/aromatic N) is 4. The van der Waals surface area contributed by atoms with Crippen LogP contribution < -0.4 is 4.74 Å². The summed E-state index contributed by atoms with van der Waals surface area (Å²) in [7, 11) is 0. The van der Waals surface area contributed by atoms with Crippen LogP contribution in [0.4, 0.5) is 5.69 Å². The third kappa shape index (κ3) is 4.21. The van der Waals surface area contributed by atoms with Gasteiger partial charge in [0.15, 0.2) is 0 Å². The Hall–Kier alpha value is -4.47. The van der Waals surface area contributed by atoms with Crippen molar-refractivity contribution < 1.29 is 24.4 Å². The molecule has 0 saturated carbocycles. The number of ketones is 1. The molecule has 1 N–H and O–H groups in total. The number of aromatic nitrogens is 2. The minimum Gasteiger partial charge on any atom is -0.507 e. The number of Topliss-reactive ketones (excluding diaryl/α,β-unsaturated/α-hetero) is 1. The predicted octanol–water partition coefficient (Wildman–Crippen LogP) is 3.63. The Balaban J connectivity index is 1.54. The van der Waals surface area contributed by atoms with E-state index in [9.17, 15) is 24.8 Å². The number of aryl methyl sites for hydroxylation is 1. The van der Waals surface area contributed by atoms with Crippen molar-refractivity contribution in [2.75, 3.05) is 6.54 Å². The van der Waals surface area contributed by atoms with Gasteiger partial charge >= 0.3 is 0 Å². The molecule has 2 aliphatic heterocycles. The summed E-state index contributed by atoms with van der Waals surface area (Å²) >= 11 is 0. The highest BCUT2D eigenvalue weighted by Crippen LogP contribution is 2.41. The first-order valence-corrected chi connectivity index (χ1v) is 11.6. The maximum Gasteiger partial charge on any atom is 0.295 e. The smallest absolute Gasteiger partial charge is 0.295 e. The Bertz CT molecular complexity index is 1360. The Morgan fingerprint density at radius 2 is 1.97 bits per heavy atom. The number of likely N-dealkylation sites (tertiary alicyclic amines) is 1. The molecular weight excluding hydrogens is 464 g/mol. The molecule has 1 saturated heterocycles. The average molecular weight is 489 g/mol. The van der Waals surface area contributed by atoms with Crippen molar-refractivity contribution in [3.05, 3.63) is 93.6 Å². The number of nitro groups is 1. The number of amides is 1. The van der Waals surface area contributed by atoms with Gasteiger partial charge < -0.3 is 19.3 Å². The molecule has 0 spiro atoms. The maximum absolute atomic E-state index is 13.2. The summed E-state index contributed by atoms with van der Waals surface area (Å²) in [6.45, 7) is 2.78. The van der Waals surface area contributed by atoms with Gasteiger partial charge in [0, 0.05) is 49.6 Å². The van der Waals surface area contributed by atoms with E-state index >= 15 is 0 Å². The van der Waals surface area contributed by atoms with Crippen LogP contribution in [-0.4, -0.2) is 48.8 Å². The van der Waals surface area contributed by atoms with Gasteiger partial charge in [0.25, 0.3) is 17.4 Å². The molecule has 1 amide bonds. The van der Waals surface area contributed by atoms with E-state index in [1.54, 1.807) is 36.9 Å². The first-order chi connectivity index (χ1) is 17.3. The lowest BCUT2D eigenvalue weighted by molar-refractivity contribution is -0.384. The van der Waals surface area contributed by atoms with Crippen LogP contribution >= 0.6 is 0 Å². The molecule has 1 fully saturated rings. The molecule has 0 aliphatic carbocycles. The van der Waals surface area contributed by atoms with Gasteiger partial charge in [-0.25, -0.2) is 4.98 Å². The number of aliphatic hydroxyl groups is 1. The standard InChI is InChI=1S/C26H24N4O6/c1-16-13-19-14-18(5-8-21(19)36-16)24(31)22-23(17-3-6-20(7-4-17)30(34)35)29(26(33)25(22)32)11-2-10-28-12-9-27-15-28/h3-9,12,14-16,23,31H,2,10-11,13H2,1H3/t16-,23+/m0/s1. The summed E-state index contributed by atoms with van der Waals surface area (Å²) in [5.41, 5.74) is 1.68. The highest BCUT2D eigenvalue weighted by atomic mass is 16.6. The van der Waals surface area contributed by atoms with E-state index in [0.29, 0.717) is 30.5 Å². The SMILES string of the molecule is C[C@H]1Cc2cc(C(O)=C3C(=O)C(=O)N(CCCn4ccnc4)[C@@H]3c3ccc([N+](=O)[O-])cc3)ccc2O1. The van der Waals surface area contributed by atoms with E-state index in [2.05, 4.69) is 4.98 Å². The first-order valence-electron chi connectivity index (χ1n) is 11.6. The van der Waals surface area contributed by atoms with Crippen LogP contribution in [-0.2, 0) is 22.6 Å². The second kappa shape index (κ2) is 9.29. The lowest BCUT2D eigenvalue weighted by Gasteiger charge is -2.25. The van der Waals surface area contributed by atoms with Gasteiger partial charge in [-0.1, -0.05) is 0 Å². The normalized spacial score (nSPS) is 20.4. The Morgan fingerprint density at radius 1 is 1.19 bits per heavy atom. The third-order valence-electron chi connectivity index (χ3n) is 6.50. The minimum atomic E-state index is -0.878. The number of ether oxygens (including phenoxy) is 1. The fourth-order valence-electron chi connectivity index (χ4n) is 4.80. The molecule has 3 aromatic rings. The fraction of sp³-hybridized carbons (Fsp3) is 0.269. The van der Waals surface area contributed by atoms with E-state index in [-0.39, 0.29) is 29.7 Å². The van der Waals surface area contributed by atoms with Crippen LogP contribution in [0.25, 0.3) is 5.76 Å². The highest BCUT2D eigenvalue weighted by molar-refractivity contribution is 6.46. The summed E-state index contributed by atoms with van der Waals surface area (Å²) in [5.74, 6) is -1.06. The van der Waals surface area contributed by atoms with Crippen LogP contribution in [0.1, 0.15) is 36.1 Å². The minimum absolute atomic E-state index is 0.0126. The number of non-ortho nitro benzene ring substituents is 1. The zero-order valence-electron chi connectivity index (χ0n) is 19.5. The summed E-state index contributed by atoms with van der Waals surface area (Å²) in [6.07, 6.45) is 6.36. The molecule has 36 heavy (non-hydrogen) atoms. The second-order valence-corrected chi connectivity index (χ2v) is 8.95. The Labute approximate surface area is 206 Å². The molecule has 0 radical (unpaired) electrons. The predicted molar refractivity (Wildman–Crippen MR) is 129 cm³/mol. The van der Waals surface area contributed by atoms with E-state index in [1.165, 1.54) is 29.2 Å². The number of imidazole rings is 1. The topological polar surface area (TPSA) is 128 Å². The van der Waals surface area contributed by atoms with Crippen molar-refractivity contribution in [2.24, 2.45) is 0 Å². The summed E-state index contributed by atoms with van der Waals surface area (Å²) in [6, 6.07) is 9.99. The Morgan fingerprint density at radius 3 is 2.67 bits per heavy atom. The number of rotatable bonds is 7. The number of nitro benzene ring substituents is 1. The summed E-state index contributed by atoms with van der Waals surface area (Å²) < 4.78 is 7.60. The van der Waals surface area contributed by atoms with Gasteiger partial charge in [-0.05, 0) is 54.8 Å². The molecular formula is C26H24N4O6. The highest BCUT2D eigenvalue weighted by Gasteiger charge is 2.46. The van der Waals surface area contributed by atoms with Gasteiger partial charge in [-0.15, -0.1) is 0 Å². The quantitative estimate of drug-likeness (QED) is 0.177. The van der Waals surface area contributed by atoms with Gasteiger partial charge in [-0.2, -0.15) is 0 Å². The largest absolute Gasteiger partial charge is 0.507 e.